The van der Waals surface area contributed by atoms with E-state index in [1.165, 1.54) is 13.3 Å². The van der Waals surface area contributed by atoms with E-state index in [4.69, 9.17) is 10.5 Å². The largest absolute Gasteiger partial charge is 0.475 e. The Morgan fingerprint density at radius 3 is 3.36 bits per heavy atom. The zero-order chi connectivity index (χ0) is 10.1. The molecule has 0 aliphatic carbocycles. The van der Waals surface area contributed by atoms with E-state index in [2.05, 4.69) is 9.84 Å². The van der Waals surface area contributed by atoms with Crippen LogP contribution in [0.1, 0.15) is 10.4 Å². The molecule has 1 unspecified atom stereocenters. The van der Waals surface area contributed by atoms with Gasteiger partial charge in [0.25, 0.3) is 0 Å². The molecule has 1 atom stereocenters. The molecule has 1 aliphatic heterocycles. The van der Waals surface area contributed by atoms with Gasteiger partial charge in [0.05, 0.1) is 25.9 Å². The number of hydrogen-bond acceptors (Lipinski definition) is 5. The highest BCUT2D eigenvalue weighted by molar-refractivity contribution is 5.91. The molecule has 76 valence electrons. The van der Waals surface area contributed by atoms with Crippen LogP contribution in [-0.2, 0) is 11.3 Å². The van der Waals surface area contributed by atoms with E-state index in [1.807, 2.05) is 0 Å². The van der Waals surface area contributed by atoms with Gasteiger partial charge in [0, 0.05) is 0 Å². The van der Waals surface area contributed by atoms with Gasteiger partial charge in [0.1, 0.15) is 12.2 Å². The maximum absolute atomic E-state index is 11.2. The van der Waals surface area contributed by atoms with E-state index in [-0.39, 0.29) is 6.04 Å². The number of aromatic nitrogens is 2. The van der Waals surface area contributed by atoms with Crippen molar-refractivity contribution < 1.29 is 14.3 Å². The fourth-order valence-electron chi connectivity index (χ4n) is 1.37. The number of carbonyl (C=O) groups is 1. The minimum atomic E-state index is -0.443. The zero-order valence-corrected chi connectivity index (χ0v) is 7.77. The second-order valence-electron chi connectivity index (χ2n) is 3.11. The quantitative estimate of drug-likeness (QED) is 0.607. The molecule has 0 bridgehead atoms. The molecule has 14 heavy (non-hydrogen) atoms. The molecule has 6 heteroatoms. The Morgan fingerprint density at radius 1 is 1.86 bits per heavy atom. The molecule has 2 N–H and O–H groups in total. The van der Waals surface area contributed by atoms with Crippen molar-refractivity contribution in [3.8, 4) is 5.88 Å². The minimum absolute atomic E-state index is 0.0760. The maximum atomic E-state index is 11.2. The van der Waals surface area contributed by atoms with Gasteiger partial charge in [-0.3, -0.25) is 0 Å². The topological polar surface area (TPSA) is 79.4 Å². The Bertz CT molecular complexity index is 361. The van der Waals surface area contributed by atoms with E-state index in [1.54, 1.807) is 4.68 Å². The van der Waals surface area contributed by atoms with E-state index in [9.17, 15) is 4.79 Å². The average molecular weight is 197 g/mol. The number of esters is 1. The van der Waals surface area contributed by atoms with Crippen LogP contribution in [0.4, 0.5) is 0 Å². The molecule has 0 radical (unpaired) electrons. The first-order valence-corrected chi connectivity index (χ1v) is 4.25. The van der Waals surface area contributed by atoms with Crippen LogP contribution in [0.3, 0.4) is 0 Å². The fourth-order valence-corrected chi connectivity index (χ4v) is 1.37. The summed E-state index contributed by atoms with van der Waals surface area (Å²) in [4.78, 5) is 11.2. The maximum Gasteiger partial charge on any atom is 0.345 e. The number of rotatable bonds is 1. The standard InChI is InChI=1S/C8H11N3O3/c1-13-8(12)6-2-10-11-3-5(9)4-14-7(6)11/h2,5H,3-4,9H2,1H3. The summed E-state index contributed by atoms with van der Waals surface area (Å²) >= 11 is 0. The van der Waals surface area contributed by atoms with E-state index in [0.717, 1.165) is 0 Å². The predicted molar refractivity (Wildman–Crippen MR) is 47.0 cm³/mol. The Balaban J connectivity index is 2.33. The number of nitrogens with zero attached hydrogens (tertiary/aromatic N) is 2. The molecule has 1 aromatic heterocycles. The minimum Gasteiger partial charge on any atom is -0.475 e. The summed E-state index contributed by atoms with van der Waals surface area (Å²) in [6.07, 6.45) is 1.43. The first-order chi connectivity index (χ1) is 6.72. The molecule has 2 heterocycles. The van der Waals surface area contributed by atoms with Gasteiger partial charge in [-0.1, -0.05) is 0 Å². The van der Waals surface area contributed by atoms with Gasteiger partial charge in [-0.05, 0) is 0 Å². The fraction of sp³-hybridized carbons (Fsp3) is 0.500. The summed E-state index contributed by atoms with van der Waals surface area (Å²) < 4.78 is 11.5. The molecule has 1 aromatic rings. The van der Waals surface area contributed by atoms with Crippen molar-refractivity contribution >= 4 is 5.97 Å². The number of ether oxygens (including phenoxy) is 2. The van der Waals surface area contributed by atoms with E-state index in [0.29, 0.717) is 24.6 Å². The molecule has 0 saturated carbocycles. The Kier molecular flexibility index (Phi) is 2.12. The van der Waals surface area contributed by atoms with Gasteiger partial charge in [-0.2, -0.15) is 5.10 Å². The number of hydrogen-bond donors (Lipinski definition) is 1. The molecule has 0 amide bonds. The van der Waals surface area contributed by atoms with Gasteiger partial charge in [-0.25, -0.2) is 9.48 Å². The van der Waals surface area contributed by atoms with Crippen molar-refractivity contribution in [2.45, 2.75) is 12.6 Å². The molecule has 2 rings (SSSR count). The lowest BCUT2D eigenvalue weighted by Crippen LogP contribution is -2.37. The summed E-state index contributed by atoms with van der Waals surface area (Å²) in [7, 11) is 1.32. The van der Waals surface area contributed by atoms with Crippen molar-refractivity contribution in [3.05, 3.63) is 11.8 Å². The smallest absolute Gasteiger partial charge is 0.345 e. The van der Waals surface area contributed by atoms with Crippen LogP contribution < -0.4 is 10.5 Å². The van der Waals surface area contributed by atoms with Crippen molar-refractivity contribution in [1.29, 1.82) is 0 Å². The SMILES string of the molecule is COC(=O)c1cnn2c1OCC(N)C2. The van der Waals surface area contributed by atoms with E-state index < -0.39 is 5.97 Å². The van der Waals surface area contributed by atoms with Crippen LogP contribution in [0.5, 0.6) is 5.88 Å². The van der Waals surface area contributed by atoms with Crippen LogP contribution in [0.2, 0.25) is 0 Å². The molecular formula is C8H11N3O3. The predicted octanol–water partition coefficient (Wildman–Crippen LogP) is -0.611. The average Bonchev–Trinajstić information content (AvgIpc) is 2.59. The first-order valence-electron chi connectivity index (χ1n) is 4.25. The van der Waals surface area contributed by atoms with Gasteiger partial charge in [-0.15, -0.1) is 0 Å². The van der Waals surface area contributed by atoms with Gasteiger partial charge < -0.3 is 15.2 Å². The lowest BCUT2D eigenvalue weighted by atomic mass is 10.3. The zero-order valence-electron chi connectivity index (χ0n) is 7.77. The number of methoxy groups -OCH3 is 1. The Labute approximate surface area is 80.6 Å². The van der Waals surface area contributed by atoms with Crippen LogP contribution in [0.25, 0.3) is 0 Å². The second kappa shape index (κ2) is 3.30. The summed E-state index contributed by atoms with van der Waals surface area (Å²) in [5.74, 6) is 0.000251. The lowest BCUT2D eigenvalue weighted by Gasteiger charge is -2.21. The summed E-state index contributed by atoms with van der Waals surface area (Å²) in [5, 5.41) is 3.99. The van der Waals surface area contributed by atoms with Gasteiger partial charge in [0.15, 0.2) is 0 Å². The van der Waals surface area contributed by atoms with Gasteiger partial charge in [0.2, 0.25) is 5.88 Å². The third kappa shape index (κ3) is 1.33. The lowest BCUT2D eigenvalue weighted by molar-refractivity contribution is 0.0592. The number of carbonyl (C=O) groups excluding carboxylic acids is 1. The number of nitrogens with two attached hydrogens (primary N) is 1. The van der Waals surface area contributed by atoms with Crippen LogP contribution in [0, 0.1) is 0 Å². The van der Waals surface area contributed by atoms with E-state index >= 15 is 0 Å². The highest BCUT2D eigenvalue weighted by atomic mass is 16.5. The van der Waals surface area contributed by atoms with Crippen LogP contribution >= 0.6 is 0 Å². The van der Waals surface area contributed by atoms with Crippen molar-refractivity contribution in [2.75, 3.05) is 13.7 Å². The highest BCUT2D eigenvalue weighted by Crippen LogP contribution is 2.22. The van der Waals surface area contributed by atoms with Crippen LogP contribution in [-0.4, -0.2) is 35.5 Å². The van der Waals surface area contributed by atoms with Crippen molar-refractivity contribution in [2.24, 2.45) is 5.73 Å². The Hall–Kier alpha value is -1.56. The monoisotopic (exact) mass is 197 g/mol. The molecule has 6 nitrogen and oxygen atoms in total. The molecule has 0 spiro atoms. The summed E-state index contributed by atoms with van der Waals surface area (Å²) in [6, 6.07) is -0.0760. The van der Waals surface area contributed by atoms with Crippen LogP contribution in [0.15, 0.2) is 6.20 Å². The van der Waals surface area contributed by atoms with Gasteiger partial charge >= 0.3 is 5.97 Å². The van der Waals surface area contributed by atoms with Crippen molar-refractivity contribution in [3.63, 3.8) is 0 Å². The normalized spacial score (nSPS) is 19.7. The molecule has 0 saturated heterocycles. The molecular weight excluding hydrogens is 186 g/mol. The first kappa shape index (κ1) is 9.01. The molecule has 1 aliphatic rings. The number of fused-ring (bicyclic) bond motifs is 1. The highest BCUT2D eigenvalue weighted by Gasteiger charge is 2.24. The summed E-state index contributed by atoms with van der Waals surface area (Å²) in [5.41, 5.74) is 6.01. The second-order valence-corrected chi connectivity index (χ2v) is 3.11. The third-order valence-electron chi connectivity index (χ3n) is 2.04. The van der Waals surface area contributed by atoms with Crippen molar-refractivity contribution in [1.82, 2.24) is 9.78 Å². The third-order valence-corrected chi connectivity index (χ3v) is 2.04. The molecule has 0 fully saturated rings. The summed E-state index contributed by atoms with van der Waals surface area (Å²) in [6.45, 7) is 0.960. The molecule has 0 aromatic carbocycles. The Morgan fingerprint density at radius 2 is 2.64 bits per heavy atom.